The average Bonchev–Trinajstić information content (AvgIpc) is 3.20. The van der Waals surface area contributed by atoms with Crippen molar-refractivity contribution in [1.82, 2.24) is 14.2 Å². The highest BCUT2D eigenvalue weighted by molar-refractivity contribution is 7.88. The number of aromatic nitrogens is 1. The van der Waals surface area contributed by atoms with Gasteiger partial charge in [0.1, 0.15) is 5.82 Å². The zero-order valence-electron chi connectivity index (χ0n) is 20.2. The molecule has 1 saturated heterocycles. The van der Waals surface area contributed by atoms with E-state index in [9.17, 15) is 26.0 Å². The van der Waals surface area contributed by atoms with Crippen molar-refractivity contribution in [3.8, 4) is 0 Å². The molecular weight excluding hydrogens is 522 g/mol. The Morgan fingerprint density at radius 1 is 1.19 bits per heavy atom. The van der Waals surface area contributed by atoms with Gasteiger partial charge in [-0.15, -0.1) is 11.3 Å². The third-order valence-corrected chi connectivity index (χ3v) is 8.96. The van der Waals surface area contributed by atoms with Crippen LogP contribution in [0.2, 0.25) is 0 Å². The van der Waals surface area contributed by atoms with Crippen LogP contribution in [0.4, 0.5) is 17.6 Å². The molecule has 7 nitrogen and oxygen atoms in total. The Labute approximate surface area is 211 Å². The van der Waals surface area contributed by atoms with E-state index in [2.05, 4.69) is 18.7 Å². The molecule has 0 unspecified atom stereocenters. The first-order chi connectivity index (χ1) is 16.6. The Bertz CT molecular complexity index is 1170. The van der Waals surface area contributed by atoms with Crippen LogP contribution in [0.15, 0.2) is 24.3 Å². The summed E-state index contributed by atoms with van der Waals surface area (Å²) in [4.78, 5) is 17.6. The molecule has 1 fully saturated rings. The Balaban J connectivity index is 0.000000454. The number of rotatable bonds is 4. The van der Waals surface area contributed by atoms with Crippen LogP contribution in [0, 0.1) is 5.82 Å². The van der Waals surface area contributed by atoms with E-state index in [0.29, 0.717) is 19.0 Å². The quantitative estimate of drug-likeness (QED) is 0.569. The molecule has 2 aliphatic heterocycles. The van der Waals surface area contributed by atoms with E-state index in [1.807, 2.05) is 12.1 Å². The molecule has 2 aliphatic rings. The minimum Gasteiger partial charge on any atom is -0.475 e. The Kier molecular flexibility index (Phi) is 8.48. The zero-order chi connectivity index (χ0) is 26.9. The summed E-state index contributed by atoms with van der Waals surface area (Å²) < 4.78 is 70.6. The summed E-state index contributed by atoms with van der Waals surface area (Å²) in [7, 11) is -3.17. The molecule has 0 bridgehead atoms. The second-order valence-electron chi connectivity index (χ2n) is 9.50. The van der Waals surface area contributed by atoms with E-state index in [0.717, 1.165) is 43.0 Å². The van der Waals surface area contributed by atoms with Crippen LogP contribution in [-0.2, 0) is 33.3 Å². The summed E-state index contributed by atoms with van der Waals surface area (Å²) in [5, 5.41) is 8.28. The molecule has 2 aromatic rings. The number of thiazole rings is 1. The number of aliphatic carboxylic acids is 1. The number of benzene rings is 1. The molecule has 0 aliphatic carbocycles. The largest absolute Gasteiger partial charge is 0.490 e. The summed E-state index contributed by atoms with van der Waals surface area (Å²) in [5.74, 6) is -2.60. The molecule has 0 amide bonds. The van der Waals surface area contributed by atoms with Gasteiger partial charge in [-0.3, -0.25) is 4.90 Å². The van der Waals surface area contributed by atoms with Crippen molar-refractivity contribution in [2.24, 2.45) is 0 Å². The molecule has 1 aromatic carbocycles. The SMILES string of the molecule is CC(C)c1nc2c(s1)CN(Cc1ccc(F)cc1)CC21CCN(S(C)(=O)=O)CC1.O=C(O)C(F)(F)F. The third kappa shape index (κ3) is 6.81. The number of carboxylic acid groups (broad SMARTS) is 1. The zero-order valence-corrected chi connectivity index (χ0v) is 21.8. The fourth-order valence-corrected chi connectivity index (χ4v) is 6.58. The highest BCUT2D eigenvalue weighted by Crippen LogP contribution is 2.44. The molecule has 200 valence electrons. The molecule has 0 atom stereocenters. The van der Waals surface area contributed by atoms with E-state index in [4.69, 9.17) is 14.9 Å². The van der Waals surface area contributed by atoms with E-state index >= 15 is 0 Å². The van der Waals surface area contributed by atoms with Crippen molar-refractivity contribution < 1.29 is 35.9 Å². The van der Waals surface area contributed by atoms with E-state index in [1.165, 1.54) is 29.0 Å². The molecule has 1 N–H and O–H groups in total. The second-order valence-corrected chi connectivity index (χ2v) is 12.6. The molecular formula is C23H29F4N3O4S2. The summed E-state index contributed by atoms with van der Waals surface area (Å²) in [5.41, 5.74) is 2.17. The number of piperidine rings is 1. The lowest BCUT2D eigenvalue weighted by Gasteiger charge is -2.46. The van der Waals surface area contributed by atoms with Crippen molar-refractivity contribution in [1.29, 1.82) is 0 Å². The predicted molar refractivity (Wildman–Crippen MR) is 128 cm³/mol. The number of sulfonamides is 1. The number of fused-ring (bicyclic) bond motifs is 2. The number of hydrogen-bond acceptors (Lipinski definition) is 6. The maximum atomic E-state index is 13.3. The molecule has 1 aromatic heterocycles. The van der Waals surface area contributed by atoms with Gasteiger partial charge in [-0.25, -0.2) is 26.9 Å². The van der Waals surface area contributed by atoms with Gasteiger partial charge in [0.25, 0.3) is 0 Å². The highest BCUT2D eigenvalue weighted by Gasteiger charge is 2.45. The lowest BCUT2D eigenvalue weighted by Crippen LogP contribution is -2.52. The van der Waals surface area contributed by atoms with E-state index in [1.54, 1.807) is 15.6 Å². The summed E-state index contributed by atoms with van der Waals surface area (Å²) >= 11 is 1.79. The molecule has 0 saturated carbocycles. The normalized spacial score (nSPS) is 18.6. The standard InChI is InChI=1S/C21H28FN3O2S2.C2HF3O2/c1-15(2)20-23-19-18(28-20)13-24(12-16-4-6-17(22)7-5-16)14-21(19)8-10-25(11-9-21)29(3,26)27;3-2(4,5)1(6)7/h4-7,15H,8-14H2,1-3H3;(H,6,7). The summed E-state index contributed by atoms with van der Waals surface area (Å²) in [6, 6.07) is 6.70. The van der Waals surface area contributed by atoms with Crippen LogP contribution in [-0.4, -0.2) is 65.7 Å². The number of carbonyl (C=O) groups is 1. The average molecular weight is 552 g/mol. The van der Waals surface area contributed by atoms with Gasteiger partial charge in [0.15, 0.2) is 0 Å². The van der Waals surface area contributed by atoms with Crippen LogP contribution in [0.1, 0.15) is 53.7 Å². The van der Waals surface area contributed by atoms with Crippen molar-refractivity contribution >= 4 is 27.3 Å². The van der Waals surface area contributed by atoms with E-state index < -0.39 is 22.2 Å². The van der Waals surface area contributed by atoms with Crippen LogP contribution in [0.3, 0.4) is 0 Å². The smallest absolute Gasteiger partial charge is 0.475 e. The van der Waals surface area contributed by atoms with Gasteiger partial charge < -0.3 is 5.11 Å². The van der Waals surface area contributed by atoms with Crippen molar-refractivity contribution in [2.45, 2.75) is 57.3 Å². The fourth-order valence-electron chi connectivity index (χ4n) is 4.50. The summed E-state index contributed by atoms with van der Waals surface area (Å²) in [6.45, 7) is 7.87. The minimum atomic E-state index is -5.08. The first kappa shape index (κ1) is 28.5. The number of alkyl halides is 3. The number of hydrogen-bond donors (Lipinski definition) is 1. The minimum absolute atomic E-state index is 0.113. The number of nitrogens with zero attached hydrogens (tertiary/aromatic N) is 3. The number of halogens is 4. The lowest BCUT2D eigenvalue weighted by atomic mass is 9.73. The van der Waals surface area contributed by atoms with Gasteiger partial charge in [0, 0.05) is 48.9 Å². The molecule has 36 heavy (non-hydrogen) atoms. The Hall–Kier alpha value is -2.09. The summed E-state index contributed by atoms with van der Waals surface area (Å²) in [6.07, 6.45) is -2.22. The second kappa shape index (κ2) is 10.7. The molecule has 3 heterocycles. The first-order valence-corrected chi connectivity index (χ1v) is 14.0. The lowest BCUT2D eigenvalue weighted by molar-refractivity contribution is -0.192. The van der Waals surface area contributed by atoms with Gasteiger partial charge in [-0.05, 0) is 30.5 Å². The predicted octanol–water partition coefficient (Wildman–Crippen LogP) is 4.35. The van der Waals surface area contributed by atoms with Crippen molar-refractivity contribution in [2.75, 3.05) is 25.9 Å². The highest BCUT2D eigenvalue weighted by atomic mass is 32.2. The third-order valence-electron chi connectivity index (χ3n) is 6.31. The Morgan fingerprint density at radius 2 is 1.75 bits per heavy atom. The van der Waals surface area contributed by atoms with Gasteiger partial charge >= 0.3 is 12.1 Å². The molecule has 4 rings (SSSR count). The van der Waals surface area contributed by atoms with Crippen LogP contribution in [0.25, 0.3) is 0 Å². The fraction of sp³-hybridized carbons (Fsp3) is 0.565. The van der Waals surface area contributed by atoms with Gasteiger partial charge in [0.05, 0.1) is 17.0 Å². The van der Waals surface area contributed by atoms with Crippen molar-refractivity contribution in [3.63, 3.8) is 0 Å². The van der Waals surface area contributed by atoms with Gasteiger partial charge in [-0.2, -0.15) is 13.2 Å². The first-order valence-electron chi connectivity index (χ1n) is 11.3. The molecule has 1 spiro atoms. The molecule has 0 radical (unpaired) electrons. The maximum Gasteiger partial charge on any atom is 0.490 e. The van der Waals surface area contributed by atoms with Crippen LogP contribution in [0.5, 0.6) is 0 Å². The van der Waals surface area contributed by atoms with Gasteiger partial charge in [0.2, 0.25) is 10.0 Å². The van der Waals surface area contributed by atoms with Crippen LogP contribution < -0.4 is 0 Å². The van der Waals surface area contributed by atoms with Crippen LogP contribution >= 0.6 is 11.3 Å². The Morgan fingerprint density at radius 3 is 2.22 bits per heavy atom. The van der Waals surface area contributed by atoms with Crippen molar-refractivity contribution in [3.05, 3.63) is 51.2 Å². The molecule has 13 heteroatoms. The number of carboxylic acids is 1. The maximum absolute atomic E-state index is 13.3. The van der Waals surface area contributed by atoms with Gasteiger partial charge in [-0.1, -0.05) is 26.0 Å². The monoisotopic (exact) mass is 551 g/mol. The van der Waals surface area contributed by atoms with E-state index in [-0.39, 0.29) is 11.2 Å². The topological polar surface area (TPSA) is 90.8 Å².